The summed E-state index contributed by atoms with van der Waals surface area (Å²) in [5.41, 5.74) is 1.53. The smallest absolute Gasteiger partial charge is 0.146 e. The minimum atomic E-state index is 0.719. The molecule has 20 heavy (non-hydrogen) atoms. The summed E-state index contributed by atoms with van der Waals surface area (Å²) < 4.78 is 5.36. The molecule has 0 aromatic carbocycles. The maximum Gasteiger partial charge on any atom is 0.146 e. The maximum absolute atomic E-state index is 5.36. The van der Waals surface area contributed by atoms with Gasteiger partial charge in [-0.25, -0.2) is 9.97 Å². The van der Waals surface area contributed by atoms with E-state index in [1.807, 2.05) is 25.1 Å². The standard InChI is InChI=1S/C15H20N4O/c1-4-7-13-18-11(10-14(19-13)16-5-2)15-12(20-3)8-6-9-17-15/h6,8-10H,4-5,7H2,1-3H3,(H,16,18,19). The van der Waals surface area contributed by atoms with Crippen LogP contribution in [0.4, 0.5) is 5.82 Å². The normalized spacial score (nSPS) is 10.3. The van der Waals surface area contributed by atoms with E-state index in [2.05, 4.69) is 27.2 Å². The summed E-state index contributed by atoms with van der Waals surface area (Å²) in [5.74, 6) is 2.37. The fraction of sp³-hybridized carbons (Fsp3) is 0.400. The minimum Gasteiger partial charge on any atom is -0.494 e. The molecule has 2 aromatic heterocycles. The van der Waals surface area contributed by atoms with Gasteiger partial charge in [0.2, 0.25) is 0 Å². The summed E-state index contributed by atoms with van der Waals surface area (Å²) in [7, 11) is 1.64. The second-order valence-corrected chi connectivity index (χ2v) is 4.39. The molecule has 0 spiro atoms. The van der Waals surface area contributed by atoms with Gasteiger partial charge in [0.05, 0.1) is 12.8 Å². The number of ether oxygens (including phenoxy) is 1. The lowest BCUT2D eigenvalue weighted by atomic mass is 10.2. The van der Waals surface area contributed by atoms with Crippen molar-refractivity contribution in [3.05, 3.63) is 30.2 Å². The van der Waals surface area contributed by atoms with Crippen LogP contribution >= 0.6 is 0 Å². The lowest BCUT2D eigenvalue weighted by Gasteiger charge is -2.10. The summed E-state index contributed by atoms with van der Waals surface area (Å²) in [5, 5.41) is 3.23. The van der Waals surface area contributed by atoms with E-state index in [4.69, 9.17) is 4.74 Å². The fourth-order valence-corrected chi connectivity index (χ4v) is 1.97. The second-order valence-electron chi connectivity index (χ2n) is 4.39. The predicted molar refractivity (Wildman–Crippen MR) is 80.0 cm³/mol. The Kier molecular flexibility index (Phi) is 4.87. The van der Waals surface area contributed by atoms with E-state index in [0.29, 0.717) is 0 Å². The van der Waals surface area contributed by atoms with Crippen LogP contribution in [0.1, 0.15) is 26.1 Å². The number of pyridine rings is 1. The highest BCUT2D eigenvalue weighted by atomic mass is 16.5. The molecule has 0 fully saturated rings. The molecule has 0 amide bonds. The molecule has 0 atom stereocenters. The monoisotopic (exact) mass is 272 g/mol. The molecule has 0 aliphatic heterocycles. The predicted octanol–water partition coefficient (Wildman–Crippen LogP) is 2.93. The summed E-state index contributed by atoms with van der Waals surface area (Å²) in [6.45, 7) is 4.98. The molecule has 0 aliphatic rings. The lowest BCUT2D eigenvalue weighted by Crippen LogP contribution is -2.05. The Hall–Kier alpha value is -2.17. The van der Waals surface area contributed by atoms with Crippen molar-refractivity contribution in [1.29, 1.82) is 0 Å². The number of nitrogens with one attached hydrogen (secondary N) is 1. The van der Waals surface area contributed by atoms with E-state index >= 15 is 0 Å². The van der Waals surface area contributed by atoms with Crippen LogP contribution in [0.25, 0.3) is 11.4 Å². The van der Waals surface area contributed by atoms with Gasteiger partial charge in [-0.2, -0.15) is 0 Å². The number of hydrogen-bond acceptors (Lipinski definition) is 5. The topological polar surface area (TPSA) is 59.9 Å². The highest BCUT2D eigenvalue weighted by Crippen LogP contribution is 2.27. The number of aryl methyl sites for hydroxylation is 1. The third kappa shape index (κ3) is 3.23. The Morgan fingerprint density at radius 2 is 2.10 bits per heavy atom. The molecule has 0 aliphatic carbocycles. The van der Waals surface area contributed by atoms with Gasteiger partial charge in [-0.3, -0.25) is 4.98 Å². The van der Waals surface area contributed by atoms with Crippen molar-refractivity contribution in [3.63, 3.8) is 0 Å². The molecule has 0 radical (unpaired) electrons. The average molecular weight is 272 g/mol. The van der Waals surface area contributed by atoms with Crippen LogP contribution in [0.2, 0.25) is 0 Å². The fourth-order valence-electron chi connectivity index (χ4n) is 1.97. The van der Waals surface area contributed by atoms with Gasteiger partial charge in [-0.15, -0.1) is 0 Å². The first-order valence-corrected chi connectivity index (χ1v) is 6.89. The average Bonchev–Trinajstić information content (AvgIpc) is 2.47. The second kappa shape index (κ2) is 6.84. The Morgan fingerprint density at radius 3 is 2.80 bits per heavy atom. The van der Waals surface area contributed by atoms with Crippen molar-refractivity contribution < 1.29 is 4.74 Å². The van der Waals surface area contributed by atoms with Crippen LogP contribution in [-0.4, -0.2) is 28.6 Å². The molecule has 0 unspecified atom stereocenters. The molecule has 2 rings (SSSR count). The van der Waals surface area contributed by atoms with Gasteiger partial charge in [-0.05, 0) is 25.5 Å². The lowest BCUT2D eigenvalue weighted by molar-refractivity contribution is 0.414. The first kappa shape index (κ1) is 14.2. The van der Waals surface area contributed by atoms with Gasteiger partial charge in [0, 0.05) is 25.2 Å². The van der Waals surface area contributed by atoms with Gasteiger partial charge >= 0.3 is 0 Å². The zero-order valence-electron chi connectivity index (χ0n) is 12.2. The molecule has 5 heteroatoms. The van der Waals surface area contributed by atoms with Crippen LogP contribution in [0.5, 0.6) is 5.75 Å². The molecule has 106 valence electrons. The van der Waals surface area contributed by atoms with Crippen molar-refractivity contribution in [2.45, 2.75) is 26.7 Å². The third-order valence-corrected chi connectivity index (χ3v) is 2.84. The van der Waals surface area contributed by atoms with Gasteiger partial charge in [0.1, 0.15) is 23.1 Å². The van der Waals surface area contributed by atoms with E-state index in [1.165, 1.54) is 0 Å². The van der Waals surface area contributed by atoms with E-state index in [0.717, 1.165) is 48.2 Å². The zero-order chi connectivity index (χ0) is 14.4. The molecule has 1 N–H and O–H groups in total. The third-order valence-electron chi connectivity index (χ3n) is 2.84. The van der Waals surface area contributed by atoms with Crippen molar-refractivity contribution in [2.24, 2.45) is 0 Å². The maximum atomic E-state index is 5.36. The highest BCUT2D eigenvalue weighted by Gasteiger charge is 2.11. The zero-order valence-corrected chi connectivity index (χ0v) is 12.2. The molecule has 0 saturated carbocycles. The van der Waals surface area contributed by atoms with E-state index in [9.17, 15) is 0 Å². The van der Waals surface area contributed by atoms with Gasteiger partial charge in [0.25, 0.3) is 0 Å². The largest absolute Gasteiger partial charge is 0.494 e. The first-order chi connectivity index (χ1) is 9.78. The summed E-state index contributed by atoms with van der Waals surface area (Å²) in [6.07, 6.45) is 3.60. The minimum absolute atomic E-state index is 0.719. The molecule has 5 nitrogen and oxygen atoms in total. The number of hydrogen-bond donors (Lipinski definition) is 1. The van der Waals surface area contributed by atoms with Crippen LogP contribution in [0.15, 0.2) is 24.4 Å². The van der Waals surface area contributed by atoms with E-state index in [-0.39, 0.29) is 0 Å². The summed E-state index contributed by atoms with van der Waals surface area (Å²) in [4.78, 5) is 13.5. The Morgan fingerprint density at radius 1 is 1.25 bits per heavy atom. The van der Waals surface area contributed by atoms with Crippen LogP contribution < -0.4 is 10.1 Å². The van der Waals surface area contributed by atoms with E-state index < -0.39 is 0 Å². The van der Waals surface area contributed by atoms with E-state index in [1.54, 1.807) is 13.3 Å². The Labute approximate surface area is 119 Å². The van der Waals surface area contributed by atoms with Crippen molar-refractivity contribution in [2.75, 3.05) is 19.0 Å². The SMILES string of the molecule is CCCc1nc(NCC)cc(-c2ncccc2OC)n1. The van der Waals surface area contributed by atoms with Crippen molar-refractivity contribution in [1.82, 2.24) is 15.0 Å². The molecular formula is C15H20N4O. The molecular weight excluding hydrogens is 252 g/mol. The van der Waals surface area contributed by atoms with Crippen molar-refractivity contribution >= 4 is 5.82 Å². The van der Waals surface area contributed by atoms with Crippen LogP contribution in [-0.2, 0) is 6.42 Å². The van der Waals surface area contributed by atoms with Gasteiger partial charge < -0.3 is 10.1 Å². The summed E-state index contributed by atoms with van der Waals surface area (Å²) >= 11 is 0. The molecule has 0 bridgehead atoms. The molecule has 2 aromatic rings. The molecule has 2 heterocycles. The Balaban J connectivity index is 2.48. The quantitative estimate of drug-likeness (QED) is 0.876. The number of anilines is 1. The van der Waals surface area contributed by atoms with Crippen LogP contribution in [0.3, 0.4) is 0 Å². The highest BCUT2D eigenvalue weighted by molar-refractivity contribution is 5.65. The number of nitrogens with zero attached hydrogens (tertiary/aromatic N) is 3. The number of methoxy groups -OCH3 is 1. The Bertz CT molecular complexity index is 547. The molecule has 0 saturated heterocycles. The first-order valence-electron chi connectivity index (χ1n) is 6.89. The van der Waals surface area contributed by atoms with Crippen LogP contribution in [0, 0.1) is 0 Å². The van der Waals surface area contributed by atoms with Gasteiger partial charge in [-0.1, -0.05) is 6.92 Å². The van der Waals surface area contributed by atoms with Crippen molar-refractivity contribution in [3.8, 4) is 17.1 Å². The van der Waals surface area contributed by atoms with Gasteiger partial charge in [0.15, 0.2) is 0 Å². The summed E-state index contributed by atoms with van der Waals surface area (Å²) in [6, 6.07) is 5.64. The number of rotatable bonds is 6. The number of aromatic nitrogens is 3.